The summed E-state index contributed by atoms with van der Waals surface area (Å²) in [6.45, 7) is 3.81. The average molecular weight is 555 g/mol. The smallest absolute Gasteiger partial charge is 0.368 e. The van der Waals surface area contributed by atoms with E-state index >= 15 is 0 Å². The largest absolute Gasteiger partial charge is 0.416 e. The van der Waals surface area contributed by atoms with Gasteiger partial charge in [-0.2, -0.15) is 13.2 Å². The molecular weight excluding hydrogens is 517 g/mol. The number of hydroxylamine groups is 2. The molecule has 0 bridgehead atoms. The Morgan fingerprint density at radius 2 is 1.27 bits per heavy atom. The highest BCUT2D eigenvalue weighted by Gasteiger charge is 2.30. The van der Waals surface area contributed by atoms with E-state index in [1.807, 2.05) is 24.3 Å². The lowest BCUT2D eigenvalue weighted by atomic mass is 10.0. The fraction of sp³-hybridized carbons (Fsp3) is 0.375. The average Bonchev–Trinajstić information content (AvgIpc) is 2.91. The number of benzene rings is 3. The van der Waals surface area contributed by atoms with Crippen LogP contribution in [0.4, 0.5) is 18.9 Å². The van der Waals surface area contributed by atoms with Gasteiger partial charge in [-0.3, -0.25) is 9.59 Å². The third kappa shape index (κ3) is 10.5. The van der Waals surface area contributed by atoms with Crippen LogP contribution < -0.4 is 5.32 Å². The maximum absolute atomic E-state index is 12.8. The highest BCUT2D eigenvalue weighted by atomic mass is 19.4. The standard InChI is InChI=1S/C32H37F3N2O3/c1-3-4-5-6-7-8-9-25-10-16-28(17-11-25)31(39)36-30-20-14-27(15-21-30)23-37(40-24(2)38)22-26-12-18-29(19-13-26)32(33,34)35/h10-21H,3-9,22-23H2,1-2H3,(H,36,39). The predicted molar refractivity (Wildman–Crippen MR) is 150 cm³/mol. The summed E-state index contributed by atoms with van der Waals surface area (Å²) in [5.74, 6) is -0.739. The Hall–Kier alpha value is -3.65. The van der Waals surface area contributed by atoms with E-state index in [0.717, 1.165) is 30.5 Å². The zero-order valence-corrected chi connectivity index (χ0v) is 23.1. The van der Waals surface area contributed by atoms with Crippen LogP contribution >= 0.6 is 0 Å². The minimum Gasteiger partial charge on any atom is -0.368 e. The molecule has 0 radical (unpaired) electrons. The Kier molecular flexibility index (Phi) is 11.8. The van der Waals surface area contributed by atoms with Crippen molar-refractivity contribution in [3.63, 3.8) is 0 Å². The molecule has 0 saturated carbocycles. The van der Waals surface area contributed by atoms with Crippen LogP contribution in [0.1, 0.15) is 85.0 Å². The third-order valence-electron chi connectivity index (χ3n) is 6.50. The van der Waals surface area contributed by atoms with E-state index in [1.54, 1.807) is 24.3 Å². The first-order chi connectivity index (χ1) is 19.1. The number of unbranched alkanes of at least 4 members (excludes halogenated alkanes) is 5. The van der Waals surface area contributed by atoms with Crippen LogP contribution in [0.2, 0.25) is 0 Å². The third-order valence-corrected chi connectivity index (χ3v) is 6.50. The Bertz CT molecular complexity index is 1210. The van der Waals surface area contributed by atoms with Crippen molar-refractivity contribution in [3.8, 4) is 0 Å². The first kappa shape index (κ1) is 30.9. The van der Waals surface area contributed by atoms with Gasteiger partial charge in [-0.05, 0) is 65.9 Å². The van der Waals surface area contributed by atoms with E-state index in [9.17, 15) is 22.8 Å². The molecule has 0 aromatic heterocycles. The summed E-state index contributed by atoms with van der Waals surface area (Å²) in [6.07, 6.45) is 4.09. The highest BCUT2D eigenvalue weighted by molar-refractivity contribution is 6.04. The van der Waals surface area contributed by atoms with Crippen LogP contribution in [0, 0.1) is 0 Å². The molecule has 3 rings (SSSR count). The maximum atomic E-state index is 12.8. The number of alkyl halides is 3. The molecule has 1 amide bonds. The van der Waals surface area contributed by atoms with Crippen LogP contribution in [-0.2, 0) is 35.3 Å². The summed E-state index contributed by atoms with van der Waals surface area (Å²) in [5.41, 5.74) is 3.04. The van der Waals surface area contributed by atoms with Crippen molar-refractivity contribution >= 4 is 17.6 Å². The first-order valence-corrected chi connectivity index (χ1v) is 13.7. The Labute approximate surface area is 234 Å². The van der Waals surface area contributed by atoms with Gasteiger partial charge < -0.3 is 10.2 Å². The number of rotatable bonds is 14. The Balaban J connectivity index is 1.52. The summed E-state index contributed by atoms with van der Waals surface area (Å²) in [5, 5.41) is 4.27. The highest BCUT2D eigenvalue weighted by Crippen LogP contribution is 2.29. The van der Waals surface area contributed by atoms with E-state index in [2.05, 4.69) is 12.2 Å². The first-order valence-electron chi connectivity index (χ1n) is 13.7. The van der Waals surface area contributed by atoms with Gasteiger partial charge in [0.2, 0.25) is 0 Å². The number of carbonyl (C=O) groups is 2. The quantitative estimate of drug-likeness (QED) is 0.161. The molecule has 1 N–H and O–H groups in total. The van der Waals surface area contributed by atoms with Gasteiger partial charge in [0.05, 0.1) is 18.7 Å². The zero-order chi connectivity index (χ0) is 29.0. The molecule has 0 unspecified atom stereocenters. The molecule has 0 aliphatic carbocycles. The van der Waals surface area contributed by atoms with Crippen LogP contribution in [0.25, 0.3) is 0 Å². The van der Waals surface area contributed by atoms with Crippen molar-refractivity contribution in [2.75, 3.05) is 5.32 Å². The number of amides is 1. The monoisotopic (exact) mass is 554 g/mol. The lowest BCUT2D eigenvalue weighted by Crippen LogP contribution is -2.25. The molecule has 0 spiro atoms. The number of aryl methyl sites for hydroxylation is 1. The van der Waals surface area contributed by atoms with Crippen molar-refractivity contribution in [3.05, 3.63) is 101 Å². The summed E-state index contributed by atoms with van der Waals surface area (Å²) >= 11 is 0. The summed E-state index contributed by atoms with van der Waals surface area (Å²) in [4.78, 5) is 29.6. The molecule has 3 aromatic rings. The number of nitrogens with one attached hydrogen (secondary N) is 1. The predicted octanol–water partition coefficient (Wildman–Crippen LogP) is 8.34. The lowest BCUT2D eigenvalue weighted by Gasteiger charge is -2.21. The fourth-order valence-electron chi connectivity index (χ4n) is 4.34. The van der Waals surface area contributed by atoms with Crippen LogP contribution in [0.15, 0.2) is 72.8 Å². The molecule has 8 heteroatoms. The minimum atomic E-state index is -4.41. The molecule has 0 atom stereocenters. The van der Waals surface area contributed by atoms with Gasteiger partial charge in [0.15, 0.2) is 0 Å². The Morgan fingerprint density at radius 3 is 1.82 bits per heavy atom. The number of carbonyl (C=O) groups excluding carboxylic acids is 2. The number of hydrogen-bond acceptors (Lipinski definition) is 4. The normalized spacial score (nSPS) is 11.4. The zero-order valence-electron chi connectivity index (χ0n) is 23.1. The van der Waals surface area contributed by atoms with E-state index in [1.165, 1.54) is 61.8 Å². The second-order valence-corrected chi connectivity index (χ2v) is 9.94. The topological polar surface area (TPSA) is 58.6 Å². The molecule has 0 fully saturated rings. The SMILES string of the molecule is CCCCCCCCc1ccc(C(=O)Nc2ccc(CN(Cc3ccc(C(F)(F)F)cc3)OC(C)=O)cc2)cc1. The van der Waals surface area contributed by atoms with Crippen LogP contribution in [0.3, 0.4) is 0 Å². The maximum Gasteiger partial charge on any atom is 0.416 e. The van der Waals surface area contributed by atoms with Gasteiger partial charge in [0.1, 0.15) is 0 Å². The molecule has 5 nitrogen and oxygen atoms in total. The van der Waals surface area contributed by atoms with E-state index in [4.69, 9.17) is 4.84 Å². The number of hydrogen-bond donors (Lipinski definition) is 1. The van der Waals surface area contributed by atoms with Crippen LogP contribution in [-0.4, -0.2) is 16.9 Å². The fourth-order valence-corrected chi connectivity index (χ4v) is 4.34. The van der Waals surface area contributed by atoms with E-state index in [0.29, 0.717) is 16.8 Å². The molecule has 0 aliphatic heterocycles. The molecule has 40 heavy (non-hydrogen) atoms. The second-order valence-electron chi connectivity index (χ2n) is 9.94. The summed E-state index contributed by atoms with van der Waals surface area (Å²) < 4.78 is 38.5. The summed E-state index contributed by atoms with van der Waals surface area (Å²) in [6, 6.07) is 19.5. The lowest BCUT2D eigenvalue weighted by molar-refractivity contribution is -0.194. The molecule has 214 valence electrons. The van der Waals surface area contributed by atoms with Gasteiger partial charge in [0.25, 0.3) is 5.91 Å². The molecular formula is C32H37F3N2O3. The van der Waals surface area contributed by atoms with Crippen molar-refractivity contribution < 1.29 is 27.6 Å². The van der Waals surface area contributed by atoms with E-state index in [-0.39, 0.29) is 19.0 Å². The van der Waals surface area contributed by atoms with Crippen molar-refractivity contribution in [1.29, 1.82) is 0 Å². The van der Waals surface area contributed by atoms with E-state index < -0.39 is 17.7 Å². The number of halogens is 3. The molecule has 3 aromatic carbocycles. The van der Waals surface area contributed by atoms with Gasteiger partial charge in [-0.1, -0.05) is 75.4 Å². The second kappa shape index (κ2) is 15.2. The van der Waals surface area contributed by atoms with Crippen LogP contribution in [0.5, 0.6) is 0 Å². The van der Waals surface area contributed by atoms with Gasteiger partial charge in [0, 0.05) is 18.2 Å². The number of anilines is 1. The number of nitrogens with zero attached hydrogens (tertiary/aromatic N) is 1. The molecule has 0 aliphatic rings. The molecule has 0 heterocycles. The molecule has 0 saturated heterocycles. The Morgan fingerprint density at radius 1 is 0.750 bits per heavy atom. The van der Waals surface area contributed by atoms with Crippen molar-refractivity contribution in [1.82, 2.24) is 5.06 Å². The van der Waals surface area contributed by atoms with Crippen molar-refractivity contribution in [2.24, 2.45) is 0 Å². The van der Waals surface area contributed by atoms with Gasteiger partial charge in [-0.15, -0.1) is 5.06 Å². The van der Waals surface area contributed by atoms with Crippen molar-refractivity contribution in [2.45, 2.75) is 78.1 Å². The minimum absolute atomic E-state index is 0.116. The van der Waals surface area contributed by atoms with Gasteiger partial charge in [-0.25, -0.2) is 0 Å². The van der Waals surface area contributed by atoms with Gasteiger partial charge >= 0.3 is 12.1 Å². The summed E-state index contributed by atoms with van der Waals surface area (Å²) in [7, 11) is 0.